The number of carbonyl (C=O) groups excluding carboxylic acids is 2. The third-order valence-corrected chi connectivity index (χ3v) is 8.36. The van der Waals surface area contributed by atoms with Gasteiger partial charge in [-0.3, -0.25) is 13.9 Å². The van der Waals surface area contributed by atoms with E-state index in [4.69, 9.17) is 9.47 Å². The van der Waals surface area contributed by atoms with Crippen molar-refractivity contribution in [2.24, 2.45) is 0 Å². The number of carbonyl (C=O) groups is 2. The largest absolute Gasteiger partial charge is 0.454 e. The lowest BCUT2D eigenvalue weighted by Gasteiger charge is -2.33. The second kappa shape index (κ2) is 12.2. The fraction of sp³-hybridized carbons (Fsp3) is 0.310. The fourth-order valence-electron chi connectivity index (χ4n) is 4.37. The highest BCUT2D eigenvalue weighted by molar-refractivity contribution is 7.92. The first kappa shape index (κ1) is 28.0. The van der Waals surface area contributed by atoms with Crippen molar-refractivity contribution < 1.29 is 27.5 Å². The molecule has 9 nitrogen and oxygen atoms in total. The van der Waals surface area contributed by atoms with Crippen LogP contribution in [-0.2, 0) is 32.6 Å². The Labute approximate surface area is 229 Å². The molecule has 0 unspecified atom stereocenters. The maximum Gasteiger partial charge on any atom is 0.244 e. The Hall–Kier alpha value is -4.05. The van der Waals surface area contributed by atoms with E-state index >= 15 is 0 Å². The van der Waals surface area contributed by atoms with Gasteiger partial charge in [0.15, 0.2) is 11.5 Å². The third kappa shape index (κ3) is 6.69. The molecule has 1 aliphatic heterocycles. The number of hydrogen-bond acceptors (Lipinski definition) is 6. The van der Waals surface area contributed by atoms with E-state index < -0.39 is 28.5 Å². The van der Waals surface area contributed by atoms with Crippen LogP contribution in [0.5, 0.6) is 11.5 Å². The smallest absolute Gasteiger partial charge is 0.244 e. The predicted molar refractivity (Wildman–Crippen MR) is 149 cm³/mol. The summed E-state index contributed by atoms with van der Waals surface area (Å²) in [6, 6.07) is 21.0. The first-order chi connectivity index (χ1) is 18.7. The van der Waals surface area contributed by atoms with Crippen LogP contribution in [0.25, 0.3) is 0 Å². The molecule has 0 radical (unpaired) electrons. The fourth-order valence-corrected chi connectivity index (χ4v) is 5.42. The van der Waals surface area contributed by atoms with Crippen molar-refractivity contribution in [1.29, 1.82) is 0 Å². The van der Waals surface area contributed by atoms with E-state index in [9.17, 15) is 18.0 Å². The molecule has 1 aliphatic rings. The number of hydrogen-bond donors (Lipinski definition) is 1. The van der Waals surface area contributed by atoms with Crippen molar-refractivity contribution in [3.63, 3.8) is 0 Å². The van der Waals surface area contributed by atoms with Gasteiger partial charge in [-0.25, -0.2) is 8.42 Å². The number of nitrogens with one attached hydrogen (secondary N) is 1. The van der Waals surface area contributed by atoms with Gasteiger partial charge in [0.25, 0.3) is 0 Å². The van der Waals surface area contributed by atoms with Crippen LogP contribution in [0.2, 0.25) is 0 Å². The number of likely N-dealkylation sites (N-methyl/N-ethyl adjacent to an activating group) is 1. The number of nitrogens with zero attached hydrogens (tertiary/aromatic N) is 2. The maximum atomic E-state index is 14.0. The zero-order valence-corrected chi connectivity index (χ0v) is 23.1. The van der Waals surface area contributed by atoms with Crippen molar-refractivity contribution >= 4 is 27.5 Å². The number of fused-ring (bicyclic) bond motifs is 1. The summed E-state index contributed by atoms with van der Waals surface area (Å²) in [6.07, 6.45) is 0.267. The second-order valence-electron chi connectivity index (χ2n) is 9.27. The number of amides is 2. The first-order valence-corrected chi connectivity index (χ1v) is 14.3. The summed E-state index contributed by atoms with van der Waals surface area (Å²) in [6.45, 7) is 3.17. The lowest BCUT2D eigenvalue weighted by Crippen LogP contribution is -2.53. The number of benzene rings is 3. The average Bonchev–Trinajstić information content (AvgIpc) is 3.42. The molecule has 1 N–H and O–H groups in total. The van der Waals surface area contributed by atoms with E-state index in [1.54, 1.807) is 18.2 Å². The molecule has 0 fully saturated rings. The van der Waals surface area contributed by atoms with Crippen LogP contribution < -0.4 is 19.1 Å². The van der Waals surface area contributed by atoms with E-state index in [1.165, 1.54) is 18.9 Å². The van der Waals surface area contributed by atoms with Crippen LogP contribution in [0.4, 0.5) is 5.69 Å². The van der Waals surface area contributed by atoms with Crippen LogP contribution in [0.15, 0.2) is 72.8 Å². The molecule has 10 heteroatoms. The van der Waals surface area contributed by atoms with Crippen molar-refractivity contribution in [2.45, 2.75) is 32.9 Å². The zero-order valence-electron chi connectivity index (χ0n) is 22.3. The molecule has 0 saturated carbocycles. The lowest BCUT2D eigenvalue weighted by atomic mass is 10.0. The molecule has 0 saturated heterocycles. The lowest BCUT2D eigenvalue weighted by molar-refractivity contribution is -0.139. The molecule has 0 spiro atoms. The van der Waals surface area contributed by atoms with Crippen LogP contribution >= 0.6 is 0 Å². The molecular weight excluding hydrogens is 518 g/mol. The van der Waals surface area contributed by atoms with Crippen LogP contribution in [0, 0.1) is 6.92 Å². The highest BCUT2D eigenvalue weighted by atomic mass is 32.2. The summed E-state index contributed by atoms with van der Waals surface area (Å²) in [5, 5.41) is 2.68. The van der Waals surface area contributed by atoms with E-state index in [0.717, 1.165) is 21.0 Å². The summed E-state index contributed by atoms with van der Waals surface area (Å²) in [5.74, 6) is -0.153. The molecule has 4 rings (SSSR count). The van der Waals surface area contributed by atoms with Gasteiger partial charge in [-0.15, -0.1) is 0 Å². The molecule has 0 aliphatic carbocycles. The van der Waals surface area contributed by atoms with Crippen molar-refractivity contribution in [2.75, 3.05) is 30.4 Å². The summed E-state index contributed by atoms with van der Waals surface area (Å²) in [5.41, 5.74) is 3.04. The molecule has 0 bridgehead atoms. The minimum absolute atomic E-state index is 0.0376. The summed E-state index contributed by atoms with van der Waals surface area (Å²) in [4.78, 5) is 28.7. The van der Waals surface area contributed by atoms with Gasteiger partial charge in [0.05, 0.1) is 11.4 Å². The zero-order chi connectivity index (χ0) is 28.0. The normalized spacial score (nSPS) is 13.0. The van der Waals surface area contributed by atoms with Gasteiger partial charge in [-0.2, -0.15) is 0 Å². The third-order valence-electron chi connectivity index (χ3n) is 6.61. The quantitative estimate of drug-likeness (QED) is 0.392. The number of aryl methyl sites for hydroxylation is 1. The molecule has 206 valence electrons. The Morgan fingerprint density at radius 2 is 1.64 bits per heavy atom. The number of ether oxygens (including phenoxy) is 2. The standard InChI is InChI=1S/C29H33N3O6S/c1-4-39(35,36)32(24-14-15-26-27(17-24)38-20-37-26)19-28(33)31(18-23-12-10-21(2)11-13-23)25(29(34)30-3)16-22-8-6-5-7-9-22/h5-15,17,25H,4,16,18-20H2,1-3H3,(H,30,34)/t25-/m1/s1. The van der Waals surface area contributed by atoms with Crippen LogP contribution in [0.3, 0.4) is 0 Å². The van der Waals surface area contributed by atoms with Crippen molar-refractivity contribution in [3.05, 3.63) is 89.5 Å². The highest BCUT2D eigenvalue weighted by Crippen LogP contribution is 2.36. The van der Waals surface area contributed by atoms with Crippen molar-refractivity contribution in [3.8, 4) is 11.5 Å². The highest BCUT2D eigenvalue weighted by Gasteiger charge is 2.33. The Balaban J connectivity index is 1.72. The SMILES string of the molecule is CCS(=O)(=O)N(CC(=O)N(Cc1ccc(C)cc1)[C@H](Cc1ccccc1)C(=O)NC)c1ccc2c(c1)OCO2. The van der Waals surface area contributed by atoms with Gasteiger partial charge < -0.3 is 19.7 Å². The molecule has 1 atom stereocenters. The van der Waals surface area contributed by atoms with E-state index in [2.05, 4.69) is 5.32 Å². The maximum absolute atomic E-state index is 14.0. The van der Waals surface area contributed by atoms with E-state index in [1.807, 2.05) is 61.5 Å². The monoisotopic (exact) mass is 551 g/mol. The summed E-state index contributed by atoms with van der Waals surface area (Å²) in [7, 11) is -2.34. The van der Waals surface area contributed by atoms with Crippen LogP contribution in [-0.4, -0.2) is 57.3 Å². The van der Waals surface area contributed by atoms with Gasteiger partial charge in [0, 0.05) is 26.1 Å². The van der Waals surface area contributed by atoms with Gasteiger partial charge in [-0.05, 0) is 37.1 Å². The summed E-state index contributed by atoms with van der Waals surface area (Å²) < 4.78 is 38.3. The van der Waals surface area contributed by atoms with Gasteiger partial charge in [0.1, 0.15) is 12.6 Å². The summed E-state index contributed by atoms with van der Waals surface area (Å²) >= 11 is 0. The number of anilines is 1. The number of rotatable bonds is 11. The molecule has 3 aromatic carbocycles. The molecule has 2 amide bonds. The topological polar surface area (TPSA) is 105 Å². The van der Waals surface area contributed by atoms with Crippen LogP contribution in [0.1, 0.15) is 23.6 Å². The molecule has 39 heavy (non-hydrogen) atoms. The second-order valence-corrected chi connectivity index (χ2v) is 11.5. The molecule has 3 aromatic rings. The minimum atomic E-state index is -3.86. The molecule has 1 heterocycles. The Morgan fingerprint density at radius 3 is 2.31 bits per heavy atom. The Bertz CT molecular complexity index is 1410. The minimum Gasteiger partial charge on any atom is -0.454 e. The number of sulfonamides is 1. The molecule has 0 aromatic heterocycles. The van der Waals surface area contributed by atoms with Gasteiger partial charge in [-0.1, -0.05) is 60.2 Å². The molecular formula is C29H33N3O6S. The van der Waals surface area contributed by atoms with Gasteiger partial charge >= 0.3 is 0 Å². The first-order valence-electron chi connectivity index (χ1n) is 12.7. The predicted octanol–water partition coefficient (Wildman–Crippen LogP) is 3.27. The average molecular weight is 552 g/mol. The Morgan fingerprint density at radius 1 is 0.949 bits per heavy atom. The Kier molecular flexibility index (Phi) is 8.75. The van der Waals surface area contributed by atoms with E-state index in [0.29, 0.717) is 11.5 Å². The van der Waals surface area contributed by atoms with E-state index in [-0.39, 0.29) is 37.1 Å². The van der Waals surface area contributed by atoms with Crippen molar-refractivity contribution in [1.82, 2.24) is 10.2 Å². The van der Waals surface area contributed by atoms with Gasteiger partial charge in [0.2, 0.25) is 28.6 Å².